The molecular formula is C24H35NO5. The first kappa shape index (κ1) is 21.5. The van der Waals surface area contributed by atoms with Crippen LogP contribution in [0, 0.1) is 28.6 Å². The van der Waals surface area contributed by atoms with Crippen LogP contribution in [0.1, 0.15) is 78.1 Å². The van der Waals surface area contributed by atoms with Crippen LogP contribution in [0.4, 0.5) is 0 Å². The SMILES string of the molecule is C[C@]12CC[C@H](OC(=O)C(N)CCC(=O)O)CC1=CCC1C2CC[C@]2(C)C(=O)CCC12. The number of hydrogen-bond acceptors (Lipinski definition) is 5. The van der Waals surface area contributed by atoms with Gasteiger partial charge in [0.1, 0.15) is 17.9 Å². The van der Waals surface area contributed by atoms with E-state index in [0.29, 0.717) is 23.5 Å². The number of carbonyl (C=O) groups excluding carboxylic acids is 2. The van der Waals surface area contributed by atoms with E-state index in [-0.39, 0.29) is 29.8 Å². The molecule has 0 aliphatic heterocycles. The van der Waals surface area contributed by atoms with Crippen molar-refractivity contribution in [2.75, 3.05) is 0 Å². The number of fused-ring (bicyclic) bond motifs is 5. The maximum Gasteiger partial charge on any atom is 0.323 e. The molecule has 0 saturated heterocycles. The quantitative estimate of drug-likeness (QED) is 0.523. The number of ether oxygens (including phenoxy) is 1. The number of ketones is 1. The zero-order valence-corrected chi connectivity index (χ0v) is 18.2. The largest absolute Gasteiger partial charge is 0.481 e. The molecule has 0 bridgehead atoms. The Labute approximate surface area is 178 Å². The second kappa shape index (κ2) is 7.77. The molecule has 6 nitrogen and oxygen atoms in total. The number of allylic oxidation sites excluding steroid dienone is 1. The van der Waals surface area contributed by atoms with Crippen LogP contribution >= 0.6 is 0 Å². The molecule has 4 aliphatic rings. The van der Waals surface area contributed by atoms with E-state index in [1.165, 1.54) is 5.57 Å². The molecule has 4 rings (SSSR count). The number of carboxylic acids is 1. The zero-order chi connectivity index (χ0) is 21.7. The van der Waals surface area contributed by atoms with Crippen LogP contribution in [0.25, 0.3) is 0 Å². The fourth-order valence-electron chi connectivity index (χ4n) is 7.15. The molecular weight excluding hydrogens is 382 g/mol. The van der Waals surface area contributed by atoms with Crippen molar-refractivity contribution < 1.29 is 24.2 Å². The standard InChI is InChI=1S/C24H35NO5/c1-23-11-9-15(30-22(29)19(25)6-8-21(27)28)13-14(23)3-4-16-17-5-7-20(26)24(17,2)12-10-18(16)23/h3,15-19H,4-13,25H2,1-2H3,(H,27,28)/t15-,16?,17?,18?,19?,23-,24-/m0/s1. The summed E-state index contributed by atoms with van der Waals surface area (Å²) in [6.07, 6.45) is 9.67. The Bertz CT molecular complexity index is 776. The molecule has 0 heterocycles. The number of nitrogens with two attached hydrogens (primary N) is 1. The van der Waals surface area contributed by atoms with Gasteiger partial charge in [-0.25, -0.2) is 0 Å². The summed E-state index contributed by atoms with van der Waals surface area (Å²) in [5.41, 5.74) is 7.24. The fraction of sp³-hybridized carbons (Fsp3) is 0.792. The third-order valence-electron chi connectivity index (χ3n) is 9.02. The van der Waals surface area contributed by atoms with Gasteiger partial charge in [0.25, 0.3) is 0 Å². The first-order valence-electron chi connectivity index (χ1n) is 11.6. The minimum Gasteiger partial charge on any atom is -0.481 e. The Kier molecular flexibility index (Phi) is 5.58. The first-order chi connectivity index (χ1) is 14.1. The summed E-state index contributed by atoms with van der Waals surface area (Å²) in [6.45, 7) is 4.58. The average molecular weight is 418 g/mol. The van der Waals surface area contributed by atoms with Gasteiger partial charge in [0.05, 0.1) is 0 Å². The molecule has 3 saturated carbocycles. The molecule has 0 amide bonds. The molecule has 0 aromatic carbocycles. The Morgan fingerprint density at radius 2 is 1.90 bits per heavy atom. The monoisotopic (exact) mass is 417 g/mol. The summed E-state index contributed by atoms with van der Waals surface area (Å²) >= 11 is 0. The molecule has 6 heteroatoms. The number of esters is 1. The number of hydrogen-bond donors (Lipinski definition) is 2. The van der Waals surface area contributed by atoms with Gasteiger partial charge in [-0.05, 0) is 68.1 Å². The summed E-state index contributed by atoms with van der Waals surface area (Å²) in [7, 11) is 0. The molecule has 7 atom stereocenters. The third kappa shape index (κ3) is 3.51. The van der Waals surface area contributed by atoms with Gasteiger partial charge >= 0.3 is 11.9 Å². The number of carboxylic acid groups (broad SMARTS) is 1. The highest BCUT2D eigenvalue weighted by Gasteiger charge is 2.58. The van der Waals surface area contributed by atoms with Crippen molar-refractivity contribution in [3.8, 4) is 0 Å². The van der Waals surface area contributed by atoms with Crippen molar-refractivity contribution in [3.05, 3.63) is 11.6 Å². The molecule has 3 fully saturated rings. The molecule has 0 aromatic heterocycles. The van der Waals surface area contributed by atoms with E-state index in [4.69, 9.17) is 15.6 Å². The van der Waals surface area contributed by atoms with Crippen LogP contribution in [0.2, 0.25) is 0 Å². The van der Waals surface area contributed by atoms with Gasteiger partial charge in [-0.3, -0.25) is 14.4 Å². The normalized spacial score (nSPS) is 41.2. The van der Waals surface area contributed by atoms with E-state index in [0.717, 1.165) is 51.4 Å². The highest BCUT2D eigenvalue weighted by atomic mass is 16.5. The Hall–Kier alpha value is -1.69. The van der Waals surface area contributed by atoms with Crippen LogP contribution in [-0.4, -0.2) is 35.0 Å². The minimum atomic E-state index is -0.957. The number of Topliss-reactive ketones (excluding diaryl/α,β-unsaturated/α-hetero) is 1. The molecule has 166 valence electrons. The van der Waals surface area contributed by atoms with E-state index < -0.39 is 18.0 Å². The van der Waals surface area contributed by atoms with Gasteiger partial charge in [0.2, 0.25) is 0 Å². The molecule has 4 unspecified atom stereocenters. The van der Waals surface area contributed by atoms with E-state index >= 15 is 0 Å². The minimum absolute atomic E-state index is 0.101. The lowest BCUT2D eigenvalue weighted by atomic mass is 9.48. The number of aliphatic carboxylic acids is 1. The van der Waals surface area contributed by atoms with Crippen LogP contribution in [0.5, 0.6) is 0 Å². The predicted molar refractivity (Wildman–Crippen MR) is 111 cm³/mol. The second-order valence-electron chi connectivity index (χ2n) is 10.5. The van der Waals surface area contributed by atoms with Gasteiger partial charge in [-0.15, -0.1) is 0 Å². The van der Waals surface area contributed by atoms with Crippen LogP contribution < -0.4 is 5.73 Å². The maximum atomic E-state index is 12.5. The van der Waals surface area contributed by atoms with Crippen molar-refractivity contribution >= 4 is 17.7 Å². The summed E-state index contributed by atoms with van der Waals surface area (Å²) in [5, 5.41) is 8.77. The highest BCUT2D eigenvalue weighted by molar-refractivity contribution is 5.87. The second-order valence-corrected chi connectivity index (χ2v) is 10.5. The third-order valence-corrected chi connectivity index (χ3v) is 9.02. The lowest BCUT2D eigenvalue weighted by molar-refractivity contribution is -0.153. The molecule has 4 aliphatic carbocycles. The fourth-order valence-corrected chi connectivity index (χ4v) is 7.15. The number of carbonyl (C=O) groups is 3. The Morgan fingerprint density at radius 1 is 1.20 bits per heavy atom. The summed E-state index contributed by atoms with van der Waals surface area (Å²) in [6, 6.07) is -0.880. The van der Waals surface area contributed by atoms with Crippen molar-refractivity contribution in [2.45, 2.75) is 90.2 Å². The molecule has 0 aromatic rings. The van der Waals surface area contributed by atoms with Gasteiger partial charge in [0, 0.05) is 24.7 Å². The molecule has 3 N–H and O–H groups in total. The maximum absolute atomic E-state index is 12.5. The Morgan fingerprint density at radius 3 is 2.63 bits per heavy atom. The summed E-state index contributed by atoms with van der Waals surface area (Å²) < 4.78 is 5.67. The first-order valence-corrected chi connectivity index (χ1v) is 11.6. The smallest absolute Gasteiger partial charge is 0.323 e. The van der Waals surface area contributed by atoms with Gasteiger partial charge in [-0.1, -0.05) is 25.5 Å². The van der Waals surface area contributed by atoms with E-state index in [1.807, 2.05) is 0 Å². The van der Waals surface area contributed by atoms with E-state index in [2.05, 4.69) is 19.9 Å². The van der Waals surface area contributed by atoms with Crippen molar-refractivity contribution in [3.63, 3.8) is 0 Å². The summed E-state index contributed by atoms with van der Waals surface area (Å²) in [5.74, 6) is 0.739. The van der Waals surface area contributed by atoms with Crippen molar-refractivity contribution in [2.24, 2.45) is 34.3 Å². The van der Waals surface area contributed by atoms with Gasteiger partial charge < -0.3 is 15.6 Å². The number of rotatable bonds is 5. The highest BCUT2D eigenvalue weighted by Crippen LogP contribution is 2.64. The van der Waals surface area contributed by atoms with Crippen molar-refractivity contribution in [1.82, 2.24) is 0 Å². The van der Waals surface area contributed by atoms with E-state index in [1.54, 1.807) is 0 Å². The van der Waals surface area contributed by atoms with Gasteiger partial charge in [-0.2, -0.15) is 0 Å². The summed E-state index contributed by atoms with van der Waals surface area (Å²) in [4.78, 5) is 35.5. The van der Waals surface area contributed by atoms with Crippen LogP contribution in [-0.2, 0) is 19.1 Å². The van der Waals surface area contributed by atoms with E-state index in [9.17, 15) is 14.4 Å². The predicted octanol–water partition coefficient (Wildman–Crippen LogP) is 3.62. The lowest BCUT2D eigenvalue weighted by Crippen LogP contribution is -2.50. The topological polar surface area (TPSA) is 107 Å². The average Bonchev–Trinajstić information content (AvgIpc) is 3.01. The molecule has 30 heavy (non-hydrogen) atoms. The van der Waals surface area contributed by atoms with Gasteiger partial charge in [0.15, 0.2) is 0 Å². The molecule has 0 spiro atoms. The Balaban J connectivity index is 1.43. The lowest BCUT2D eigenvalue weighted by Gasteiger charge is -2.56. The van der Waals surface area contributed by atoms with Crippen LogP contribution in [0.15, 0.2) is 11.6 Å². The molecule has 0 radical (unpaired) electrons. The van der Waals surface area contributed by atoms with Crippen LogP contribution in [0.3, 0.4) is 0 Å². The zero-order valence-electron chi connectivity index (χ0n) is 18.2. The van der Waals surface area contributed by atoms with Crippen molar-refractivity contribution in [1.29, 1.82) is 0 Å².